The van der Waals surface area contributed by atoms with E-state index < -0.39 is 35.4 Å². The summed E-state index contributed by atoms with van der Waals surface area (Å²) in [6, 6.07) is 10.6. The van der Waals surface area contributed by atoms with Gasteiger partial charge in [0.1, 0.15) is 12.0 Å². The van der Waals surface area contributed by atoms with E-state index in [-0.39, 0.29) is 22.5 Å². The minimum absolute atomic E-state index is 0.00949. The van der Waals surface area contributed by atoms with Gasteiger partial charge in [0.15, 0.2) is 0 Å². The summed E-state index contributed by atoms with van der Waals surface area (Å²) in [7, 11) is 0. The number of pyridine rings is 1. The first-order valence-electron chi connectivity index (χ1n) is 8.95. The minimum atomic E-state index is -4.56. The average Bonchev–Trinajstić information content (AvgIpc) is 2.67. The second-order valence-corrected chi connectivity index (χ2v) is 6.80. The van der Waals surface area contributed by atoms with Crippen LogP contribution in [0, 0.1) is 5.82 Å². The van der Waals surface area contributed by atoms with Gasteiger partial charge in [-0.15, -0.1) is 0 Å². The summed E-state index contributed by atoms with van der Waals surface area (Å²) < 4.78 is 54.2. The first-order chi connectivity index (χ1) is 14.1. The van der Waals surface area contributed by atoms with Gasteiger partial charge in [-0.05, 0) is 48.9 Å². The molecule has 0 aliphatic heterocycles. The molecule has 3 aromatic rings. The minimum Gasteiger partial charge on any atom is -0.399 e. The number of alkyl halides is 3. The molecule has 0 saturated carbocycles. The summed E-state index contributed by atoms with van der Waals surface area (Å²) in [4.78, 5) is 12.1. The SMILES string of the molecule is C[C@@H](NC(O)c1ccc(=O)n(-c2ccccc2F)c1)c1cc(N)cc(C(F)(F)F)c1. The molecule has 4 N–H and O–H groups in total. The van der Waals surface area contributed by atoms with Gasteiger partial charge in [-0.2, -0.15) is 13.2 Å². The Hall–Kier alpha value is -3.17. The molecule has 158 valence electrons. The molecule has 0 aliphatic rings. The Balaban J connectivity index is 1.87. The molecule has 0 aliphatic carbocycles. The number of nitrogens with zero attached hydrogens (tertiary/aromatic N) is 1. The molecule has 5 nitrogen and oxygen atoms in total. The van der Waals surface area contributed by atoms with E-state index in [1.54, 1.807) is 13.0 Å². The van der Waals surface area contributed by atoms with Crippen LogP contribution < -0.4 is 16.6 Å². The Labute approximate surface area is 169 Å². The highest BCUT2D eigenvalue weighted by Crippen LogP contribution is 2.33. The van der Waals surface area contributed by atoms with Gasteiger partial charge >= 0.3 is 6.18 Å². The van der Waals surface area contributed by atoms with E-state index in [4.69, 9.17) is 5.73 Å². The number of anilines is 1. The van der Waals surface area contributed by atoms with Crippen molar-refractivity contribution in [3.05, 3.63) is 93.7 Å². The molecular formula is C21H19F4N3O2. The van der Waals surface area contributed by atoms with Crippen LogP contribution in [-0.2, 0) is 6.18 Å². The van der Waals surface area contributed by atoms with E-state index in [0.29, 0.717) is 0 Å². The van der Waals surface area contributed by atoms with Crippen LogP contribution in [0.1, 0.15) is 35.9 Å². The topological polar surface area (TPSA) is 80.3 Å². The molecule has 1 aromatic heterocycles. The summed E-state index contributed by atoms with van der Waals surface area (Å²) in [6.07, 6.45) is -4.63. The predicted molar refractivity (Wildman–Crippen MR) is 104 cm³/mol. The number of hydrogen-bond donors (Lipinski definition) is 3. The molecule has 0 spiro atoms. The van der Waals surface area contributed by atoms with Crippen LogP contribution >= 0.6 is 0 Å². The largest absolute Gasteiger partial charge is 0.416 e. The highest BCUT2D eigenvalue weighted by molar-refractivity contribution is 5.46. The molecule has 30 heavy (non-hydrogen) atoms. The molecule has 0 amide bonds. The lowest BCUT2D eigenvalue weighted by atomic mass is 10.0. The van der Waals surface area contributed by atoms with E-state index in [1.807, 2.05) is 0 Å². The number of aliphatic hydroxyl groups is 1. The van der Waals surface area contributed by atoms with Crippen molar-refractivity contribution < 1.29 is 22.7 Å². The molecule has 1 heterocycles. The lowest BCUT2D eigenvalue weighted by Crippen LogP contribution is -2.27. The van der Waals surface area contributed by atoms with Gasteiger partial charge < -0.3 is 10.8 Å². The number of aromatic nitrogens is 1. The number of rotatable bonds is 5. The highest BCUT2D eigenvalue weighted by atomic mass is 19.4. The highest BCUT2D eigenvalue weighted by Gasteiger charge is 2.31. The van der Waals surface area contributed by atoms with Gasteiger partial charge in [0, 0.05) is 29.6 Å². The molecule has 2 atom stereocenters. The third-order valence-electron chi connectivity index (χ3n) is 4.57. The monoisotopic (exact) mass is 421 g/mol. The fourth-order valence-corrected chi connectivity index (χ4v) is 3.02. The van der Waals surface area contributed by atoms with Gasteiger partial charge in [-0.1, -0.05) is 12.1 Å². The summed E-state index contributed by atoms with van der Waals surface area (Å²) >= 11 is 0. The molecule has 0 radical (unpaired) electrons. The number of para-hydroxylation sites is 1. The Morgan fingerprint density at radius 1 is 1.07 bits per heavy atom. The van der Waals surface area contributed by atoms with Crippen LogP contribution in [0.2, 0.25) is 0 Å². The maximum absolute atomic E-state index is 14.0. The summed E-state index contributed by atoms with van der Waals surface area (Å²) in [5.41, 5.74) is 4.59. The lowest BCUT2D eigenvalue weighted by molar-refractivity contribution is -0.137. The maximum atomic E-state index is 14.0. The van der Waals surface area contributed by atoms with E-state index in [1.165, 1.54) is 42.6 Å². The first kappa shape index (κ1) is 21.5. The number of nitrogens with two attached hydrogens (primary N) is 1. The van der Waals surface area contributed by atoms with Crippen molar-refractivity contribution >= 4 is 5.69 Å². The van der Waals surface area contributed by atoms with Crippen molar-refractivity contribution in [2.45, 2.75) is 25.4 Å². The zero-order valence-electron chi connectivity index (χ0n) is 15.8. The van der Waals surface area contributed by atoms with E-state index in [9.17, 15) is 27.5 Å². The maximum Gasteiger partial charge on any atom is 0.416 e. The van der Waals surface area contributed by atoms with Crippen LogP contribution in [0.25, 0.3) is 5.69 Å². The van der Waals surface area contributed by atoms with Crippen molar-refractivity contribution in [3.8, 4) is 5.69 Å². The number of nitrogens with one attached hydrogen (secondary N) is 1. The fraction of sp³-hybridized carbons (Fsp3) is 0.190. The van der Waals surface area contributed by atoms with Gasteiger partial charge in [-0.25, -0.2) is 4.39 Å². The molecule has 0 saturated heterocycles. The predicted octanol–water partition coefficient (Wildman–Crippen LogP) is 3.92. The van der Waals surface area contributed by atoms with Crippen LogP contribution in [-0.4, -0.2) is 9.67 Å². The average molecular weight is 421 g/mol. The molecule has 9 heteroatoms. The molecule has 1 unspecified atom stereocenters. The molecule has 0 bridgehead atoms. The number of hydrogen-bond acceptors (Lipinski definition) is 4. The first-order valence-corrected chi connectivity index (χ1v) is 8.95. The van der Waals surface area contributed by atoms with Crippen LogP contribution in [0.4, 0.5) is 23.2 Å². The van der Waals surface area contributed by atoms with Crippen molar-refractivity contribution in [1.29, 1.82) is 0 Å². The number of nitrogen functional groups attached to an aromatic ring is 1. The van der Waals surface area contributed by atoms with E-state index in [0.717, 1.165) is 16.7 Å². The molecule has 0 fully saturated rings. The van der Waals surface area contributed by atoms with Gasteiger partial charge in [0.05, 0.1) is 11.3 Å². The number of halogens is 4. The summed E-state index contributed by atoms with van der Waals surface area (Å²) in [6.45, 7) is 1.56. The smallest absolute Gasteiger partial charge is 0.399 e. The third-order valence-corrected chi connectivity index (χ3v) is 4.57. The van der Waals surface area contributed by atoms with Gasteiger partial charge in [0.2, 0.25) is 0 Å². The Bertz CT molecular complexity index is 1110. The second kappa shape index (κ2) is 8.29. The summed E-state index contributed by atoms with van der Waals surface area (Å²) in [5.74, 6) is -0.619. The second-order valence-electron chi connectivity index (χ2n) is 6.80. The van der Waals surface area contributed by atoms with E-state index >= 15 is 0 Å². The van der Waals surface area contributed by atoms with Crippen molar-refractivity contribution in [1.82, 2.24) is 9.88 Å². The standard InChI is InChI=1S/C21H19F4N3O2/c1-12(14-8-15(21(23,24)25)10-16(26)9-14)27-20(30)13-6-7-19(29)28(11-13)18-5-3-2-4-17(18)22/h2-12,20,27,30H,26H2,1H3/t12-,20?/m1/s1. The Morgan fingerprint density at radius 2 is 1.77 bits per heavy atom. The van der Waals surface area contributed by atoms with Crippen molar-refractivity contribution in [3.63, 3.8) is 0 Å². The Kier molecular flexibility index (Phi) is 5.95. The van der Waals surface area contributed by atoms with Crippen molar-refractivity contribution in [2.24, 2.45) is 0 Å². The number of benzene rings is 2. The van der Waals surface area contributed by atoms with E-state index in [2.05, 4.69) is 5.32 Å². The van der Waals surface area contributed by atoms with Crippen LogP contribution in [0.3, 0.4) is 0 Å². The van der Waals surface area contributed by atoms with Gasteiger partial charge in [0.25, 0.3) is 5.56 Å². The van der Waals surface area contributed by atoms with Crippen LogP contribution in [0.15, 0.2) is 65.6 Å². The molecule has 3 rings (SSSR count). The quantitative estimate of drug-likeness (QED) is 0.331. The molecule has 2 aromatic carbocycles. The Morgan fingerprint density at radius 3 is 2.43 bits per heavy atom. The zero-order valence-corrected chi connectivity index (χ0v) is 15.8. The normalized spacial score (nSPS) is 13.8. The van der Waals surface area contributed by atoms with Crippen molar-refractivity contribution in [2.75, 3.05) is 5.73 Å². The summed E-state index contributed by atoms with van der Waals surface area (Å²) in [5, 5.41) is 13.3. The third kappa shape index (κ3) is 4.69. The number of aliphatic hydroxyl groups excluding tert-OH is 1. The molecular weight excluding hydrogens is 402 g/mol. The fourth-order valence-electron chi connectivity index (χ4n) is 3.02. The zero-order chi connectivity index (χ0) is 22.1. The van der Waals surface area contributed by atoms with Gasteiger partial charge in [-0.3, -0.25) is 14.7 Å². The van der Waals surface area contributed by atoms with Crippen LogP contribution in [0.5, 0.6) is 0 Å². The lowest BCUT2D eigenvalue weighted by Gasteiger charge is -2.21.